The minimum atomic E-state index is -3.34. The van der Waals surface area contributed by atoms with Crippen LogP contribution >= 0.6 is 23.2 Å². The van der Waals surface area contributed by atoms with Crippen molar-refractivity contribution >= 4 is 29.1 Å². The van der Waals surface area contributed by atoms with E-state index >= 15 is 0 Å². The van der Waals surface area contributed by atoms with Gasteiger partial charge in [-0.3, -0.25) is 4.79 Å². The summed E-state index contributed by atoms with van der Waals surface area (Å²) in [5, 5.41) is 9.18. The van der Waals surface area contributed by atoms with Crippen molar-refractivity contribution in [1.29, 1.82) is 0 Å². The molecule has 3 aromatic rings. The number of nitrogens with zero attached hydrogens (tertiary/aromatic N) is 2. The van der Waals surface area contributed by atoms with Crippen molar-refractivity contribution in [2.75, 3.05) is 6.54 Å². The first-order valence-corrected chi connectivity index (χ1v) is 10.1. The van der Waals surface area contributed by atoms with Crippen molar-refractivity contribution in [2.45, 2.75) is 26.7 Å². The second kappa shape index (κ2) is 9.34. The van der Waals surface area contributed by atoms with E-state index in [0.29, 0.717) is 5.56 Å². The third-order valence-corrected chi connectivity index (χ3v) is 5.53. The quantitative estimate of drug-likeness (QED) is 0.455. The van der Waals surface area contributed by atoms with Gasteiger partial charge in [-0.25, -0.2) is 4.39 Å². The molecule has 0 radical (unpaired) electrons. The van der Waals surface area contributed by atoms with Gasteiger partial charge in [0.1, 0.15) is 5.56 Å². The highest BCUT2D eigenvalue weighted by molar-refractivity contribution is 6.31. The second-order valence-corrected chi connectivity index (χ2v) is 7.90. The maximum Gasteiger partial charge on any atom is 0.290 e. The molecule has 0 atom stereocenters. The Morgan fingerprint density at radius 1 is 1.09 bits per heavy atom. The van der Waals surface area contributed by atoms with E-state index in [1.54, 1.807) is 13.0 Å². The molecular weight excluding hydrogens is 466 g/mol. The number of hydrogen-bond donors (Lipinski definition) is 1. The number of rotatable bonds is 6. The number of carbonyl (C=O) groups is 1. The van der Waals surface area contributed by atoms with Gasteiger partial charge in [-0.05, 0) is 50.1 Å². The molecule has 0 aliphatic rings. The highest BCUT2D eigenvalue weighted by Gasteiger charge is 2.33. The van der Waals surface area contributed by atoms with Crippen molar-refractivity contribution < 1.29 is 22.7 Å². The lowest BCUT2D eigenvalue weighted by molar-refractivity contribution is -0.00257. The molecule has 5 nitrogen and oxygen atoms in total. The maximum absolute atomic E-state index is 14.7. The Hall–Kier alpha value is -2.84. The third kappa shape index (κ3) is 4.97. The number of ether oxygens (including phenoxy) is 1. The van der Waals surface area contributed by atoms with Crippen molar-refractivity contribution in [3.63, 3.8) is 0 Å². The summed E-state index contributed by atoms with van der Waals surface area (Å²) < 4.78 is 49.0. The zero-order chi connectivity index (χ0) is 23.6. The minimum Gasteiger partial charge on any atom is -0.434 e. The van der Waals surface area contributed by atoms with Gasteiger partial charge in [-0.15, -0.1) is 10.2 Å². The van der Waals surface area contributed by atoms with Gasteiger partial charge in [-0.1, -0.05) is 41.4 Å². The molecule has 0 fully saturated rings. The van der Waals surface area contributed by atoms with Gasteiger partial charge < -0.3 is 10.1 Å². The largest absolute Gasteiger partial charge is 0.434 e. The van der Waals surface area contributed by atoms with Crippen LogP contribution in [0.15, 0.2) is 36.4 Å². The van der Waals surface area contributed by atoms with Gasteiger partial charge in [0, 0.05) is 11.1 Å². The smallest absolute Gasteiger partial charge is 0.290 e. The number of aryl methyl sites for hydroxylation is 2. The standard InChI is InChI=1S/C22H18Cl2F3N3O2/c1-11-7-8-14(9-12(11)2)22(26,27)10-28-20(31)17-13(3)19(24)29-30-21(17)32-16-6-4-5-15(23)18(16)25/h4-9H,10H2,1-3H3,(H,28,31). The molecule has 0 aliphatic heterocycles. The molecular formula is C22H18Cl2F3N3O2. The average molecular weight is 484 g/mol. The number of benzene rings is 2. The highest BCUT2D eigenvalue weighted by atomic mass is 35.5. The van der Waals surface area contributed by atoms with Gasteiger partial charge in [0.25, 0.3) is 17.7 Å². The Kier molecular flexibility index (Phi) is 6.95. The van der Waals surface area contributed by atoms with E-state index in [1.165, 1.54) is 37.3 Å². The summed E-state index contributed by atoms with van der Waals surface area (Å²) in [7, 11) is 0. The Balaban J connectivity index is 1.88. The number of carbonyl (C=O) groups excluding carboxylic acids is 1. The Morgan fingerprint density at radius 2 is 1.81 bits per heavy atom. The molecule has 168 valence electrons. The SMILES string of the molecule is Cc1ccc(C(F)(F)CNC(=O)c2c(Oc3cccc(Cl)c3F)nnc(Cl)c2C)cc1C. The normalized spacial score (nSPS) is 11.4. The molecule has 3 rings (SSSR count). The summed E-state index contributed by atoms with van der Waals surface area (Å²) in [6, 6.07) is 8.27. The molecule has 1 N–H and O–H groups in total. The van der Waals surface area contributed by atoms with Crippen LogP contribution in [0.25, 0.3) is 0 Å². The van der Waals surface area contributed by atoms with Crippen LogP contribution in [0.2, 0.25) is 10.2 Å². The summed E-state index contributed by atoms with van der Waals surface area (Å²) in [5.74, 6) is -5.87. The molecule has 0 saturated carbocycles. The van der Waals surface area contributed by atoms with Crippen molar-refractivity contribution in [1.82, 2.24) is 15.5 Å². The van der Waals surface area contributed by atoms with Gasteiger partial charge in [0.15, 0.2) is 16.7 Å². The second-order valence-electron chi connectivity index (χ2n) is 7.14. The predicted octanol–water partition coefficient (Wildman–Crippen LogP) is 6.16. The van der Waals surface area contributed by atoms with Gasteiger partial charge in [0.05, 0.1) is 11.6 Å². The van der Waals surface area contributed by atoms with Gasteiger partial charge in [0.2, 0.25) is 0 Å². The molecule has 0 aliphatic carbocycles. The lowest BCUT2D eigenvalue weighted by Gasteiger charge is -2.19. The van der Waals surface area contributed by atoms with E-state index in [1.807, 2.05) is 6.92 Å². The first-order chi connectivity index (χ1) is 15.0. The van der Waals surface area contributed by atoms with Crippen LogP contribution in [-0.2, 0) is 5.92 Å². The molecule has 0 bridgehead atoms. The van der Waals surface area contributed by atoms with Gasteiger partial charge in [-0.2, -0.15) is 8.78 Å². The fraction of sp³-hybridized carbons (Fsp3) is 0.227. The first kappa shape index (κ1) is 23.8. The van der Waals surface area contributed by atoms with Crippen LogP contribution in [-0.4, -0.2) is 22.6 Å². The van der Waals surface area contributed by atoms with E-state index in [0.717, 1.165) is 5.56 Å². The number of hydrogen-bond acceptors (Lipinski definition) is 4. The molecule has 1 amide bonds. The van der Waals surface area contributed by atoms with Crippen LogP contribution < -0.4 is 10.1 Å². The fourth-order valence-corrected chi connectivity index (χ4v) is 3.13. The number of amides is 1. The molecule has 2 aromatic carbocycles. The fourth-order valence-electron chi connectivity index (χ4n) is 2.83. The number of alkyl halides is 2. The van der Waals surface area contributed by atoms with Crippen LogP contribution in [0.3, 0.4) is 0 Å². The molecule has 0 saturated heterocycles. The van der Waals surface area contributed by atoms with E-state index in [2.05, 4.69) is 15.5 Å². The molecule has 10 heteroatoms. The summed E-state index contributed by atoms with van der Waals surface area (Å²) in [6.45, 7) is 3.99. The summed E-state index contributed by atoms with van der Waals surface area (Å²) in [4.78, 5) is 12.8. The summed E-state index contributed by atoms with van der Waals surface area (Å²) in [5.41, 5.74) is 1.22. The van der Waals surface area contributed by atoms with Crippen LogP contribution in [0.5, 0.6) is 11.6 Å². The highest BCUT2D eigenvalue weighted by Crippen LogP contribution is 2.33. The number of halogens is 5. The van der Waals surface area contributed by atoms with Crippen LogP contribution in [0, 0.1) is 26.6 Å². The van der Waals surface area contributed by atoms with E-state index < -0.39 is 30.1 Å². The summed E-state index contributed by atoms with van der Waals surface area (Å²) in [6.07, 6.45) is 0. The van der Waals surface area contributed by atoms with Crippen molar-refractivity contribution in [3.05, 3.63) is 80.2 Å². The van der Waals surface area contributed by atoms with Gasteiger partial charge >= 0.3 is 0 Å². The van der Waals surface area contributed by atoms with E-state index in [4.69, 9.17) is 27.9 Å². The monoisotopic (exact) mass is 483 g/mol. The third-order valence-electron chi connectivity index (χ3n) is 4.88. The Morgan fingerprint density at radius 3 is 2.50 bits per heavy atom. The lowest BCUT2D eigenvalue weighted by atomic mass is 10.0. The molecule has 32 heavy (non-hydrogen) atoms. The van der Waals surface area contributed by atoms with Crippen molar-refractivity contribution in [3.8, 4) is 11.6 Å². The molecule has 0 unspecified atom stereocenters. The topological polar surface area (TPSA) is 64.1 Å². The molecule has 1 heterocycles. The van der Waals surface area contributed by atoms with Crippen molar-refractivity contribution in [2.24, 2.45) is 0 Å². The average Bonchev–Trinajstić information content (AvgIpc) is 2.74. The molecule has 0 spiro atoms. The summed E-state index contributed by atoms with van der Waals surface area (Å²) >= 11 is 11.7. The van der Waals surface area contributed by atoms with Crippen LogP contribution in [0.1, 0.15) is 32.6 Å². The van der Waals surface area contributed by atoms with Crippen LogP contribution in [0.4, 0.5) is 13.2 Å². The minimum absolute atomic E-state index is 0.130. The first-order valence-electron chi connectivity index (χ1n) is 9.39. The Bertz CT molecular complexity index is 1190. The number of aromatic nitrogens is 2. The van der Waals surface area contributed by atoms with E-state index in [-0.39, 0.29) is 32.6 Å². The maximum atomic E-state index is 14.7. The molecule has 1 aromatic heterocycles. The predicted molar refractivity (Wildman–Crippen MR) is 115 cm³/mol. The zero-order valence-electron chi connectivity index (χ0n) is 17.3. The number of nitrogens with one attached hydrogen (secondary N) is 1. The zero-order valence-corrected chi connectivity index (χ0v) is 18.8. The Labute approximate surface area is 192 Å². The van der Waals surface area contributed by atoms with E-state index in [9.17, 15) is 18.0 Å². The lowest BCUT2D eigenvalue weighted by Crippen LogP contribution is -2.35.